The quantitative estimate of drug-likeness (QED) is 0.701. The van der Waals surface area contributed by atoms with Crippen LogP contribution in [0.1, 0.15) is 24.0 Å². The first-order valence-corrected chi connectivity index (χ1v) is 8.14. The summed E-state index contributed by atoms with van der Waals surface area (Å²) in [6.07, 6.45) is 1.99. The number of nitrogens with zero attached hydrogens (tertiary/aromatic N) is 2. The number of anilines is 1. The topological polar surface area (TPSA) is 16.1 Å². The number of hydrogen-bond acceptors (Lipinski definition) is 3. The van der Waals surface area contributed by atoms with E-state index in [1.54, 1.807) is 11.3 Å². The SMILES string of the molecule is CCN(CCCc1nc(CCl)cs1)c1ccc(F)cc1. The van der Waals surface area contributed by atoms with Crippen molar-refractivity contribution in [3.8, 4) is 0 Å². The highest BCUT2D eigenvalue weighted by atomic mass is 35.5. The molecule has 0 N–H and O–H groups in total. The first kappa shape index (κ1) is 15.3. The van der Waals surface area contributed by atoms with E-state index in [4.69, 9.17) is 11.6 Å². The number of thiazole rings is 1. The Balaban J connectivity index is 1.86. The van der Waals surface area contributed by atoms with Crippen LogP contribution >= 0.6 is 22.9 Å². The lowest BCUT2D eigenvalue weighted by Gasteiger charge is -2.22. The molecule has 1 aromatic heterocycles. The molecule has 0 spiro atoms. The van der Waals surface area contributed by atoms with Crippen molar-refractivity contribution in [1.82, 2.24) is 4.98 Å². The molecule has 0 aliphatic rings. The third-order valence-corrected chi connectivity index (χ3v) is 4.36. The molecule has 20 heavy (non-hydrogen) atoms. The van der Waals surface area contributed by atoms with Crippen LogP contribution in [0.3, 0.4) is 0 Å². The summed E-state index contributed by atoms with van der Waals surface area (Å²) in [6.45, 7) is 3.96. The predicted octanol–water partition coefficient (Wildman–Crippen LogP) is 4.48. The second kappa shape index (κ2) is 7.60. The van der Waals surface area contributed by atoms with Crippen molar-refractivity contribution in [3.63, 3.8) is 0 Å². The third-order valence-electron chi connectivity index (χ3n) is 3.13. The highest BCUT2D eigenvalue weighted by Gasteiger charge is 2.06. The van der Waals surface area contributed by atoms with Crippen molar-refractivity contribution in [3.05, 3.63) is 46.2 Å². The Kier molecular flexibility index (Phi) is 5.80. The van der Waals surface area contributed by atoms with Crippen LogP contribution in [0.5, 0.6) is 0 Å². The summed E-state index contributed by atoms with van der Waals surface area (Å²) in [6, 6.07) is 6.67. The van der Waals surface area contributed by atoms with E-state index < -0.39 is 0 Å². The summed E-state index contributed by atoms with van der Waals surface area (Å²) < 4.78 is 12.9. The maximum atomic E-state index is 12.9. The lowest BCUT2D eigenvalue weighted by Crippen LogP contribution is -2.24. The van der Waals surface area contributed by atoms with Crippen LogP contribution in [0.2, 0.25) is 0 Å². The number of rotatable bonds is 7. The molecule has 0 aliphatic heterocycles. The fraction of sp³-hybridized carbons (Fsp3) is 0.400. The zero-order valence-corrected chi connectivity index (χ0v) is 13.1. The molecule has 0 unspecified atom stereocenters. The first-order chi connectivity index (χ1) is 9.72. The van der Waals surface area contributed by atoms with Crippen molar-refractivity contribution in [1.29, 1.82) is 0 Å². The van der Waals surface area contributed by atoms with E-state index in [0.717, 1.165) is 42.3 Å². The molecule has 1 heterocycles. The maximum absolute atomic E-state index is 12.9. The van der Waals surface area contributed by atoms with Gasteiger partial charge in [0.1, 0.15) is 5.82 Å². The maximum Gasteiger partial charge on any atom is 0.123 e. The third kappa shape index (κ3) is 4.18. The average Bonchev–Trinajstić information content (AvgIpc) is 2.93. The summed E-state index contributed by atoms with van der Waals surface area (Å²) in [5.41, 5.74) is 2.02. The van der Waals surface area contributed by atoms with Gasteiger partial charge in [0, 0.05) is 30.6 Å². The van der Waals surface area contributed by atoms with Gasteiger partial charge in [0.05, 0.1) is 16.6 Å². The van der Waals surface area contributed by atoms with Crippen molar-refractivity contribution in [2.24, 2.45) is 0 Å². The van der Waals surface area contributed by atoms with Crippen LogP contribution < -0.4 is 4.90 Å². The van der Waals surface area contributed by atoms with Crippen LogP contribution in [0.4, 0.5) is 10.1 Å². The molecule has 5 heteroatoms. The van der Waals surface area contributed by atoms with Gasteiger partial charge in [-0.05, 0) is 37.6 Å². The molecule has 0 radical (unpaired) electrons. The zero-order chi connectivity index (χ0) is 14.4. The molecule has 0 saturated heterocycles. The van der Waals surface area contributed by atoms with Gasteiger partial charge >= 0.3 is 0 Å². The Morgan fingerprint density at radius 2 is 2.05 bits per heavy atom. The average molecular weight is 313 g/mol. The molecule has 0 atom stereocenters. The molecule has 2 nitrogen and oxygen atoms in total. The van der Waals surface area contributed by atoms with E-state index in [1.807, 2.05) is 17.5 Å². The molecular formula is C15H18ClFN2S. The van der Waals surface area contributed by atoms with Crippen molar-refractivity contribution in [2.75, 3.05) is 18.0 Å². The number of aromatic nitrogens is 1. The molecular weight excluding hydrogens is 295 g/mol. The molecule has 0 amide bonds. The zero-order valence-electron chi connectivity index (χ0n) is 11.5. The summed E-state index contributed by atoms with van der Waals surface area (Å²) >= 11 is 7.41. The van der Waals surface area contributed by atoms with Crippen molar-refractivity contribution >= 4 is 28.6 Å². The highest BCUT2D eigenvalue weighted by molar-refractivity contribution is 7.09. The van der Waals surface area contributed by atoms with Gasteiger partial charge < -0.3 is 4.90 Å². The number of hydrogen-bond donors (Lipinski definition) is 0. The fourth-order valence-corrected chi connectivity index (χ4v) is 3.14. The van der Waals surface area contributed by atoms with Gasteiger partial charge in [-0.3, -0.25) is 0 Å². The van der Waals surface area contributed by atoms with Crippen LogP contribution in [-0.4, -0.2) is 18.1 Å². The molecule has 0 aliphatic carbocycles. The second-order valence-corrected chi connectivity index (χ2v) is 5.74. The monoisotopic (exact) mass is 312 g/mol. The molecule has 2 rings (SSSR count). The summed E-state index contributed by atoms with van der Waals surface area (Å²) in [5.74, 6) is 0.286. The lowest BCUT2D eigenvalue weighted by atomic mass is 10.2. The van der Waals surface area contributed by atoms with Crippen molar-refractivity contribution < 1.29 is 4.39 Å². The Morgan fingerprint density at radius 1 is 1.30 bits per heavy atom. The molecule has 108 valence electrons. The molecule has 0 fully saturated rings. The van der Waals surface area contributed by atoms with E-state index in [2.05, 4.69) is 16.8 Å². The Labute approximate surface area is 128 Å². The number of benzene rings is 1. The smallest absolute Gasteiger partial charge is 0.123 e. The van der Waals surface area contributed by atoms with Gasteiger partial charge in [-0.2, -0.15) is 0 Å². The van der Waals surface area contributed by atoms with Crippen LogP contribution in [-0.2, 0) is 12.3 Å². The Hall–Kier alpha value is -1.13. The summed E-state index contributed by atoms with van der Waals surface area (Å²) in [5, 5.41) is 3.15. The fourth-order valence-electron chi connectivity index (χ4n) is 2.07. The van der Waals surface area contributed by atoms with Crippen LogP contribution in [0.25, 0.3) is 0 Å². The molecule has 0 saturated carbocycles. The Bertz CT molecular complexity index is 527. The minimum absolute atomic E-state index is 0.193. The van der Waals surface area contributed by atoms with Gasteiger partial charge in [-0.15, -0.1) is 22.9 Å². The van der Waals surface area contributed by atoms with E-state index in [-0.39, 0.29) is 5.82 Å². The van der Waals surface area contributed by atoms with Crippen molar-refractivity contribution in [2.45, 2.75) is 25.6 Å². The number of halogens is 2. The minimum Gasteiger partial charge on any atom is -0.372 e. The molecule has 0 bridgehead atoms. The summed E-state index contributed by atoms with van der Waals surface area (Å²) in [7, 11) is 0. The number of alkyl halides is 1. The van der Waals surface area contributed by atoms with Gasteiger partial charge in [0.2, 0.25) is 0 Å². The number of aryl methyl sites for hydroxylation is 1. The summed E-state index contributed by atoms with van der Waals surface area (Å²) in [4.78, 5) is 6.70. The van der Waals surface area contributed by atoms with E-state index in [1.165, 1.54) is 12.1 Å². The standard InChI is InChI=1S/C15H18ClFN2S/c1-2-19(14-7-5-12(17)6-8-14)9-3-4-15-18-13(10-16)11-20-15/h5-8,11H,2-4,9-10H2,1H3. The Morgan fingerprint density at radius 3 is 2.65 bits per heavy atom. The normalized spacial score (nSPS) is 10.8. The lowest BCUT2D eigenvalue weighted by molar-refractivity contribution is 0.627. The van der Waals surface area contributed by atoms with E-state index in [0.29, 0.717) is 5.88 Å². The highest BCUT2D eigenvalue weighted by Crippen LogP contribution is 2.17. The van der Waals surface area contributed by atoms with Gasteiger partial charge in [-0.1, -0.05) is 0 Å². The van der Waals surface area contributed by atoms with Crippen LogP contribution in [0.15, 0.2) is 29.6 Å². The van der Waals surface area contributed by atoms with E-state index in [9.17, 15) is 4.39 Å². The predicted molar refractivity (Wildman–Crippen MR) is 84.3 cm³/mol. The minimum atomic E-state index is -0.193. The second-order valence-electron chi connectivity index (χ2n) is 4.53. The molecule has 1 aromatic carbocycles. The van der Waals surface area contributed by atoms with E-state index >= 15 is 0 Å². The first-order valence-electron chi connectivity index (χ1n) is 6.72. The van der Waals surface area contributed by atoms with Gasteiger partial charge in [0.15, 0.2) is 0 Å². The molecule has 2 aromatic rings. The largest absolute Gasteiger partial charge is 0.372 e. The van der Waals surface area contributed by atoms with Crippen LogP contribution in [0, 0.1) is 5.82 Å². The van der Waals surface area contributed by atoms with Gasteiger partial charge in [0.25, 0.3) is 0 Å². The van der Waals surface area contributed by atoms with Gasteiger partial charge in [-0.25, -0.2) is 9.37 Å².